The zero-order chi connectivity index (χ0) is 15.1. The van der Waals surface area contributed by atoms with Gasteiger partial charge in [0.15, 0.2) is 0 Å². The molecule has 5 heteroatoms. The second kappa shape index (κ2) is 4.70. The van der Waals surface area contributed by atoms with Crippen LogP contribution in [0.15, 0.2) is 33.5 Å². The van der Waals surface area contributed by atoms with Crippen molar-refractivity contribution in [3.8, 4) is 17.2 Å². The van der Waals surface area contributed by atoms with Crippen molar-refractivity contribution in [2.75, 3.05) is 14.2 Å². The van der Waals surface area contributed by atoms with Crippen molar-refractivity contribution in [1.29, 1.82) is 0 Å². The maximum Gasteiger partial charge on any atom is 0.347 e. The molecule has 0 saturated heterocycles. The maximum absolute atomic E-state index is 12.0. The van der Waals surface area contributed by atoms with Crippen molar-refractivity contribution < 1.29 is 19.0 Å². The quantitative estimate of drug-likeness (QED) is 0.733. The van der Waals surface area contributed by atoms with E-state index in [4.69, 9.17) is 13.9 Å². The lowest BCUT2D eigenvalue weighted by molar-refractivity contribution is 0.396. The van der Waals surface area contributed by atoms with Gasteiger partial charge in [0.2, 0.25) is 0 Å². The molecular weight excluding hydrogens is 272 g/mol. The summed E-state index contributed by atoms with van der Waals surface area (Å²) in [6.07, 6.45) is 0. The number of fused-ring (bicyclic) bond motifs is 2. The predicted molar refractivity (Wildman–Crippen MR) is 79.5 cm³/mol. The summed E-state index contributed by atoms with van der Waals surface area (Å²) in [6, 6.07) is 6.95. The number of aromatic hydroxyl groups is 1. The minimum atomic E-state index is -0.567. The molecule has 0 atom stereocenters. The van der Waals surface area contributed by atoms with E-state index >= 15 is 0 Å². The van der Waals surface area contributed by atoms with Gasteiger partial charge in [-0.3, -0.25) is 0 Å². The molecule has 0 aliphatic carbocycles. The van der Waals surface area contributed by atoms with Crippen LogP contribution in [-0.2, 0) is 0 Å². The Morgan fingerprint density at radius 2 is 1.71 bits per heavy atom. The molecule has 3 rings (SSSR count). The van der Waals surface area contributed by atoms with Crippen LogP contribution in [0.5, 0.6) is 17.2 Å². The topological polar surface area (TPSA) is 68.9 Å². The molecular formula is C16H14O5. The molecule has 0 amide bonds. The number of rotatable bonds is 2. The number of ether oxygens (including phenoxy) is 2. The minimum absolute atomic E-state index is 0.143. The van der Waals surface area contributed by atoms with Gasteiger partial charge in [-0.15, -0.1) is 0 Å². The van der Waals surface area contributed by atoms with Crippen LogP contribution in [0.25, 0.3) is 21.5 Å². The summed E-state index contributed by atoms with van der Waals surface area (Å²) in [4.78, 5) is 12.0. The third-order valence-corrected chi connectivity index (χ3v) is 3.45. The second-order valence-electron chi connectivity index (χ2n) is 4.76. The van der Waals surface area contributed by atoms with Crippen LogP contribution in [0, 0.1) is 6.92 Å². The third kappa shape index (κ3) is 1.98. The number of phenols is 1. The Bertz CT molecular complexity index is 908. The maximum atomic E-state index is 12.0. The molecule has 5 nitrogen and oxygen atoms in total. The summed E-state index contributed by atoms with van der Waals surface area (Å²) >= 11 is 0. The van der Waals surface area contributed by atoms with E-state index in [1.165, 1.54) is 7.11 Å². The molecule has 0 radical (unpaired) electrons. The Hall–Kier alpha value is -2.69. The monoisotopic (exact) mass is 286 g/mol. The molecule has 0 bridgehead atoms. The molecule has 0 aliphatic heterocycles. The summed E-state index contributed by atoms with van der Waals surface area (Å²) in [5, 5.41) is 12.4. The van der Waals surface area contributed by atoms with Crippen molar-refractivity contribution in [2.45, 2.75) is 6.92 Å². The van der Waals surface area contributed by atoms with Crippen molar-refractivity contribution in [1.82, 2.24) is 0 Å². The Labute approximate surface area is 120 Å². The highest BCUT2D eigenvalue weighted by Gasteiger charge is 2.16. The summed E-state index contributed by atoms with van der Waals surface area (Å²) in [5.41, 5.74) is -0.567. The van der Waals surface area contributed by atoms with Gasteiger partial charge in [0.25, 0.3) is 0 Å². The fourth-order valence-corrected chi connectivity index (χ4v) is 2.53. The Balaban J connectivity index is 2.56. The number of aryl methyl sites for hydroxylation is 1. The summed E-state index contributed by atoms with van der Waals surface area (Å²) in [6.45, 7) is 1.69. The zero-order valence-corrected chi connectivity index (χ0v) is 11.9. The van der Waals surface area contributed by atoms with Gasteiger partial charge in [0, 0.05) is 6.07 Å². The summed E-state index contributed by atoms with van der Waals surface area (Å²) in [5.74, 6) is 1.39. The molecule has 1 N–H and O–H groups in total. The number of benzene rings is 2. The van der Waals surface area contributed by atoms with E-state index in [1.807, 2.05) is 0 Å². The second-order valence-corrected chi connectivity index (χ2v) is 4.76. The normalized spacial score (nSPS) is 11.0. The van der Waals surface area contributed by atoms with Gasteiger partial charge in [0.05, 0.1) is 19.6 Å². The van der Waals surface area contributed by atoms with Crippen LogP contribution < -0.4 is 15.1 Å². The van der Waals surface area contributed by atoms with Crippen LogP contribution in [0.1, 0.15) is 5.76 Å². The van der Waals surface area contributed by atoms with Crippen molar-refractivity contribution in [3.63, 3.8) is 0 Å². The summed E-state index contributed by atoms with van der Waals surface area (Å²) in [7, 11) is 3.05. The molecule has 2 aromatic carbocycles. The zero-order valence-electron chi connectivity index (χ0n) is 11.9. The van der Waals surface area contributed by atoms with Gasteiger partial charge >= 0.3 is 5.63 Å². The Morgan fingerprint density at radius 1 is 1.00 bits per heavy atom. The minimum Gasteiger partial charge on any atom is -0.506 e. The van der Waals surface area contributed by atoms with Gasteiger partial charge < -0.3 is 19.0 Å². The Kier molecular flexibility index (Phi) is 2.97. The van der Waals surface area contributed by atoms with Crippen LogP contribution in [0.4, 0.5) is 0 Å². The van der Waals surface area contributed by atoms with E-state index < -0.39 is 5.63 Å². The van der Waals surface area contributed by atoms with Crippen molar-refractivity contribution >= 4 is 21.5 Å². The van der Waals surface area contributed by atoms with E-state index in [0.717, 1.165) is 5.39 Å². The van der Waals surface area contributed by atoms with Crippen molar-refractivity contribution in [2.24, 2.45) is 0 Å². The number of methoxy groups -OCH3 is 2. The molecule has 108 valence electrons. The lowest BCUT2D eigenvalue weighted by Crippen LogP contribution is -2.01. The molecule has 0 unspecified atom stereocenters. The van der Waals surface area contributed by atoms with E-state index in [2.05, 4.69) is 0 Å². The average molecular weight is 286 g/mol. The largest absolute Gasteiger partial charge is 0.506 e. The standard InChI is InChI=1S/C16H14O5/c1-8-4-9-5-10-6-11(19-2)7-12(20-3)13(10)15(17)14(9)16(18)21-8/h4-7,17H,1-3H3. The molecule has 1 heterocycles. The molecule has 21 heavy (non-hydrogen) atoms. The van der Waals surface area contributed by atoms with Gasteiger partial charge in [0.1, 0.15) is 28.4 Å². The van der Waals surface area contributed by atoms with Crippen molar-refractivity contribution in [3.05, 3.63) is 40.4 Å². The van der Waals surface area contributed by atoms with Crippen LogP contribution in [-0.4, -0.2) is 19.3 Å². The van der Waals surface area contributed by atoms with Gasteiger partial charge in [-0.25, -0.2) is 4.79 Å². The van der Waals surface area contributed by atoms with E-state index in [1.54, 1.807) is 38.3 Å². The van der Waals surface area contributed by atoms with Gasteiger partial charge in [-0.1, -0.05) is 0 Å². The molecule has 3 aromatic rings. The van der Waals surface area contributed by atoms with Crippen LogP contribution >= 0.6 is 0 Å². The SMILES string of the molecule is COc1cc(OC)c2c(O)c3c(=O)oc(C)cc3cc2c1. The molecule has 0 spiro atoms. The first-order valence-corrected chi connectivity index (χ1v) is 6.37. The van der Waals surface area contributed by atoms with E-state index in [0.29, 0.717) is 28.0 Å². The molecule has 1 aromatic heterocycles. The lowest BCUT2D eigenvalue weighted by atomic mass is 10.0. The fraction of sp³-hybridized carbons (Fsp3) is 0.188. The predicted octanol–water partition coefficient (Wildman–Crippen LogP) is 2.98. The summed E-state index contributed by atoms with van der Waals surface area (Å²) < 4.78 is 15.6. The number of hydrogen-bond acceptors (Lipinski definition) is 5. The first kappa shape index (κ1) is 13.3. The first-order valence-electron chi connectivity index (χ1n) is 6.37. The number of hydrogen-bond donors (Lipinski definition) is 1. The smallest absolute Gasteiger partial charge is 0.347 e. The average Bonchev–Trinajstić information content (AvgIpc) is 2.44. The van der Waals surface area contributed by atoms with Gasteiger partial charge in [-0.05, 0) is 35.9 Å². The highest BCUT2D eigenvalue weighted by molar-refractivity contribution is 6.07. The third-order valence-electron chi connectivity index (χ3n) is 3.45. The molecule has 0 aliphatic rings. The highest BCUT2D eigenvalue weighted by atomic mass is 16.5. The van der Waals surface area contributed by atoms with Gasteiger partial charge in [-0.2, -0.15) is 0 Å². The van der Waals surface area contributed by atoms with E-state index in [9.17, 15) is 9.90 Å². The van der Waals surface area contributed by atoms with E-state index in [-0.39, 0.29) is 11.1 Å². The fourth-order valence-electron chi connectivity index (χ4n) is 2.53. The number of phenolic OH excluding ortho intramolecular Hbond substituents is 1. The lowest BCUT2D eigenvalue weighted by Gasteiger charge is -2.12. The molecule has 0 saturated carbocycles. The van der Waals surface area contributed by atoms with Crippen LogP contribution in [0.3, 0.4) is 0 Å². The van der Waals surface area contributed by atoms with Crippen LogP contribution in [0.2, 0.25) is 0 Å². The Morgan fingerprint density at radius 3 is 2.38 bits per heavy atom. The molecule has 0 fully saturated rings. The highest BCUT2D eigenvalue weighted by Crippen LogP contribution is 2.40. The first-order chi connectivity index (χ1) is 10.0.